The van der Waals surface area contributed by atoms with Gasteiger partial charge in [0.15, 0.2) is 0 Å². The van der Waals surface area contributed by atoms with Crippen molar-refractivity contribution in [3.05, 3.63) is 65.5 Å². The van der Waals surface area contributed by atoms with Gasteiger partial charge in [0.05, 0.1) is 11.0 Å². The lowest BCUT2D eigenvalue weighted by Gasteiger charge is -2.12. The van der Waals surface area contributed by atoms with Gasteiger partial charge in [0.1, 0.15) is 5.82 Å². The van der Waals surface area contributed by atoms with Gasteiger partial charge < -0.3 is 5.11 Å². The van der Waals surface area contributed by atoms with Gasteiger partial charge in [-0.3, -0.25) is 0 Å². The van der Waals surface area contributed by atoms with Crippen molar-refractivity contribution < 1.29 is 17.9 Å². The first-order chi connectivity index (χ1) is 10.4. The first-order valence-corrected chi connectivity index (χ1v) is 8.37. The van der Waals surface area contributed by atoms with Gasteiger partial charge in [-0.15, -0.1) is 0 Å². The second-order valence-electron chi connectivity index (χ2n) is 5.02. The average molecular weight is 323 g/mol. The van der Waals surface area contributed by atoms with Crippen LogP contribution < -0.4 is 4.72 Å². The van der Waals surface area contributed by atoms with Crippen LogP contribution in [0.25, 0.3) is 0 Å². The van der Waals surface area contributed by atoms with Crippen LogP contribution in [-0.4, -0.2) is 20.1 Å². The van der Waals surface area contributed by atoms with E-state index in [1.54, 1.807) is 12.1 Å². The number of aliphatic hydroxyl groups excluding tert-OH is 1. The number of nitrogens with one attached hydrogen (secondary N) is 1. The molecule has 0 spiro atoms. The molecule has 4 nitrogen and oxygen atoms in total. The third-order valence-electron chi connectivity index (χ3n) is 3.33. The largest absolute Gasteiger partial charge is 0.388 e. The monoisotopic (exact) mass is 323 g/mol. The highest BCUT2D eigenvalue weighted by molar-refractivity contribution is 7.89. The maximum atomic E-state index is 13.2. The Hall–Kier alpha value is -1.76. The molecule has 0 aliphatic heterocycles. The van der Waals surface area contributed by atoms with Gasteiger partial charge in [0.25, 0.3) is 0 Å². The van der Waals surface area contributed by atoms with Gasteiger partial charge in [0, 0.05) is 6.54 Å². The molecule has 0 fully saturated rings. The number of rotatable bonds is 6. The molecule has 2 aromatic rings. The van der Waals surface area contributed by atoms with Crippen molar-refractivity contribution in [3.63, 3.8) is 0 Å². The van der Waals surface area contributed by atoms with Crippen LogP contribution in [0.1, 0.15) is 23.7 Å². The Morgan fingerprint density at radius 3 is 2.50 bits per heavy atom. The molecular weight excluding hydrogens is 305 g/mol. The molecule has 22 heavy (non-hydrogen) atoms. The summed E-state index contributed by atoms with van der Waals surface area (Å²) in [5, 5.41) is 9.98. The number of aryl methyl sites for hydroxylation is 1. The molecule has 1 atom stereocenters. The van der Waals surface area contributed by atoms with Gasteiger partial charge in [-0.2, -0.15) is 0 Å². The van der Waals surface area contributed by atoms with E-state index >= 15 is 0 Å². The summed E-state index contributed by atoms with van der Waals surface area (Å²) in [6.07, 6.45) is -0.484. The van der Waals surface area contributed by atoms with Crippen molar-refractivity contribution in [1.82, 2.24) is 4.72 Å². The summed E-state index contributed by atoms with van der Waals surface area (Å²) in [5.41, 5.74) is 1.01. The van der Waals surface area contributed by atoms with E-state index in [0.29, 0.717) is 0 Å². The van der Waals surface area contributed by atoms with Crippen molar-refractivity contribution in [3.8, 4) is 0 Å². The zero-order valence-corrected chi connectivity index (χ0v) is 13.0. The van der Waals surface area contributed by atoms with E-state index in [1.165, 1.54) is 19.1 Å². The van der Waals surface area contributed by atoms with Crippen molar-refractivity contribution in [1.29, 1.82) is 0 Å². The number of hydrogen-bond donors (Lipinski definition) is 2. The molecule has 0 aromatic heterocycles. The molecule has 0 saturated carbocycles. The van der Waals surface area contributed by atoms with Crippen molar-refractivity contribution in [2.75, 3.05) is 6.54 Å². The molecule has 6 heteroatoms. The van der Waals surface area contributed by atoms with Crippen LogP contribution in [0.3, 0.4) is 0 Å². The Balaban J connectivity index is 1.97. The van der Waals surface area contributed by atoms with Crippen molar-refractivity contribution in [2.45, 2.75) is 24.3 Å². The lowest BCUT2D eigenvalue weighted by molar-refractivity contribution is 0.169. The van der Waals surface area contributed by atoms with E-state index in [2.05, 4.69) is 4.72 Å². The van der Waals surface area contributed by atoms with E-state index < -0.39 is 21.9 Å². The molecule has 118 valence electrons. The first kappa shape index (κ1) is 16.6. The molecule has 0 saturated heterocycles. The summed E-state index contributed by atoms with van der Waals surface area (Å²) in [7, 11) is -3.71. The van der Waals surface area contributed by atoms with E-state index in [4.69, 9.17) is 0 Å². The van der Waals surface area contributed by atoms with Gasteiger partial charge in [-0.25, -0.2) is 17.5 Å². The highest BCUT2D eigenvalue weighted by atomic mass is 32.2. The minimum Gasteiger partial charge on any atom is -0.388 e. The summed E-state index contributed by atoms with van der Waals surface area (Å²) in [6.45, 7) is 1.60. The van der Waals surface area contributed by atoms with Crippen LogP contribution in [-0.2, 0) is 10.0 Å². The van der Waals surface area contributed by atoms with Gasteiger partial charge >= 0.3 is 0 Å². The topological polar surface area (TPSA) is 66.4 Å². The molecule has 2 N–H and O–H groups in total. The van der Waals surface area contributed by atoms with E-state index in [0.717, 1.165) is 11.6 Å². The van der Waals surface area contributed by atoms with Crippen molar-refractivity contribution >= 4 is 10.0 Å². The molecule has 2 aromatic carbocycles. The highest BCUT2D eigenvalue weighted by Crippen LogP contribution is 2.17. The molecule has 0 amide bonds. The number of sulfonamides is 1. The lowest BCUT2D eigenvalue weighted by Crippen LogP contribution is -2.26. The fourth-order valence-electron chi connectivity index (χ4n) is 2.04. The van der Waals surface area contributed by atoms with E-state index in [1.807, 2.05) is 18.2 Å². The average Bonchev–Trinajstić information content (AvgIpc) is 2.50. The summed E-state index contributed by atoms with van der Waals surface area (Å²) >= 11 is 0. The molecule has 2 rings (SSSR count). The van der Waals surface area contributed by atoms with Gasteiger partial charge in [-0.05, 0) is 42.7 Å². The summed E-state index contributed by atoms with van der Waals surface area (Å²) < 4.78 is 39.8. The standard InChI is InChI=1S/C16H18FNO3S/c1-12-11-14(7-8-15(12)17)22(20,21)18-10-9-16(19)13-5-3-2-4-6-13/h2-8,11,16,18-19H,9-10H2,1H3/t16-/m1/s1. The third kappa shape index (κ3) is 4.13. The van der Waals surface area contributed by atoms with Gasteiger partial charge in [0.2, 0.25) is 10.0 Å². The minimum absolute atomic E-state index is 0.0144. The number of halogens is 1. The Kier molecular flexibility index (Phi) is 5.28. The minimum atomic E-state index is -3.71. The summed E-state index contributed by atoms with van der Waals surface area (Å²) in [6, 6.07) is 12.7. The SMILES string of the molecule is Cc1cc(S(=O)(=O)NCC[C@@H](O)c2ccccc2)ccc1F. The molecule has 0 heterocycles. The van der Waals surface area contributed by atoms with Crippen LogP contribution in [0.15, 0.2) is 53.4 Å². The van der Waals surface area contributed by atoms with Crippen LogP contribution in [0, 0.1) is 12.7 Å². The Morgan fingerprint density at radius 1 is 1.18 bits per heavy atom. The zero-order chi connectivity index (χ0) is 16.2. The molecule has 0 aliphatic rings. The van der Waals surface area contributed by atoms with Crippen molar-refractivity contribution in [2.24, 2.45) is 0 Å². The second kappa shape index (κ2) is 7.00. The maximum absolute atomic E-state index is 13.2. The lowest BCUT2D eigenvalue weighted by atomic mass is 10.1. The zero-order valence-electron chi connectivity index (χ0n) is 12.2. The maximum Gasteiger partial charge on any atom is 0.240 e. The van der Waals surface area contributed by atoms with Crippen LogP contribution in [0.4, 0.5) is 4.39 Å². The smallest absolute Gasteiger partial charge is 0.240 e. The fraction of sp³-hybridized carbons (Fsp3) is 0.250. The number of aliphatic hydroxyl groups is 1. The molecular formula is C16H18FNO3S. The highest BCUT2D eigenvalue weighted by Gasteiger charge is 2.16. The molecule has 0 bridgehead atoms. The summed E-state index contributed by atoms with van der Waals surface area (Å²) in [4.78, 5) is 0.0144. The molecule has 0 unspecified atom stereocenters. The first-order valence-electron chi connectivity index (χ1n) is 6.89. The Bertz CT molecular complexity index is 732. The van der Waals surface area contributed by atoms with Crippen LogP contribution >= 0.6 is 0 Å². The Morgan fingerprint density at radius 2 is 1.86 bits per heavy atom. The Labute approximate surface area is 129 Å². The van der Waals surface area contributed by atoms with E-state index in [9.17, 15) is 17.9 Å². The van der Waals surface area contributed by atoms with Gasteiger partial charge in [-0.1, -0.05) is 30.3 Å². The van der Waals surface area contributed by atoms with Crippen LogP contribution in [0.5, 0.6) is 0 Å². The predicted molar refractivity (Wildman–Crippen MR) is 82.3 cm³/mol. The van der Waals surface area contributed by atoms with E-state index in [-0.39, 0.29) is 23.4 Å². The number of hydrogen-bond acceptors (Lipinski definition) is 3. The second-order valence-corrected chi connectivity index (χ2v) is 6.79. The molecule has 0 aliphatic carbocycles. The third-order valence-corrected chi connectivity index (χ3v) is 4.79. The summed E-state index contributed by atoms with van der Waals surface area (Å²) in [5.74, 6) is -0.446. The normalized spacial score (nSPS) is 13.0. The fourth-order valence-corrected chi connectivity index (χ4v) is 3.17. The van der Waals surface area contributed by atoms with Crippen LogP contribution in [0.2, 0.25) is 0 Å². The number of benzene rings is 2. The quantitative estimate of drug-likeness (QED) is 0.858. The molecule has 0 radical (unpaired) electrons. The predicted octanol–water partition coefficient (Wildman–Crippen LogP) is 2.54.